The first kappa shape index (κ1) is 8.83. The largest absolute Gasteiger partial charge is 0.394 e. The van der Waals surface area contributed by atoms with E-state index < -0.39 is 0 Å². The maximum absolute atomic E-state index is 10.5. The number of aliphatic hydroxyl groups excluding tert-OH is 1. The minimum Gasteiger partial charge on any atom is -0.394 e. The summed E-state index contributed by atoms with van der Waals surface area (Å²) in [5.74, 6) is 0. The van der Waals surface area contributed by atoms with Gasteiger partial charge in [-0.05, 0) is 18.2 Å². The summed E-state index contributed by atoms with van der Waals surface area (Å²) in [6, 6.07) is 5.14. The van der Waals surface area contributed by atoms with Crippen molar-refractivity contribution in [1.82, 2.24) is 15.0 Å². The third kappa shape index (κ3) is 1.38. The molecule has 14 heavy (non-hydrogen) atoms. The molecule has 5 nitrogen and oxygen atoms in total. The zero-order chi connectivity index (χ0) is 9.97. The summed E-state index contributed by atoms with van der Waals surface area (Å²) in [5, 5.41) is 16.5. The number of carbonyl (C=O) groups excluding carboxylic acids is 1. The number of carbonyl (C=O) groups is 1. The summed E-state index contributed by atoms with van der Waals surface area (Å²) < 4.78 is 1.60. The molecule has 1 heterocycles. The lowest BCUT2D eigenvalue weighted by atomic mass is 10.2. The first-order valence-corrected chi connectivity index (χ1v) is 4.24. The Morgan fingerprint density at radius 1 is 1.50 bits per heavy atom. The van der Waals surface area contributed by atoms with Crippen LogP contribution in [0.2, 0.25) is 0 Å². The lowest BCUT2D eigenvalue weighted by Gasteiger charge is -1.97. The maximum Gasteiger partial charge on any atom is 0.150 e. The van der Waals surface area contributed by atoms with E-state index in [0.717, 1.165) is 11.8 Å². The Bertz CT molecular complexity index is 464. The van der Waals surface area contributed by atoms with Gasteiger partial charge >= 0.3 is 0 Å². The molecule has 5 heteroatoms. The predicted octanol–water partition coefficient (Wildman–Crippen LogP) is 0.236. The number of aromatic nitrogens is 3. The number of aldehydes is 1. The average molecular weight is 191 g/mol. The molecule has 72 valence electrons. The molecule has 0 saturated heterocycles. The normalized spacial score (nSPS) is 10.6. The second-order valence-corrected chi connectivity index (χ2v) is 2.90. The van der Waals surface area contributed by atoms with Gasteiger partial charge in [-0.2, -0.15) is 0 Å². The fraction of sp³-hybridized carbons (Fsp3) is 0.222. The van der Waals surface area contributed by atoms with Gasteiger partial charge in [0.25, 0.3) is 0 Å². The second-order valence-electron chi connectivity index (χ2n) is 2.90. The minimum atomic E-state index is 0.0217. The molecule has 0 aliphatic rings. The van der Waals surface area contributed by atoms with Gasteiger partial charge in [0.05, 0.1) is 18.7 Å². The van der Waals surface area contributed by atoms with Gasteiger partial charge in [-0.25, -0.2) is 4.68 Å². The molecule has 0 atom stereocenters. The number of hydrogen-bond donors (Lipinski definition) is 1. The van der Waals surface area contributed by atoms with Gasteiger partial charge in [0, 0.05) is 5.56 Å². The SMILES string of the molecule is O=Cc1ccc2c(c1)nnn2CCO. The smallest absolute Gasteiger partial charge is 0.150 e. The zero-order valence-electron chi connectivity index (χ0n) is 7.42. The highest BCUT2D eigenvalue weighted by Crippen LogP contribution is 2.11. The van der Waals surface area contributed by atoms with Gasteiger partial charge in [-0.3, -0.25) is 4.79 Å². The summed E-state index contributed by atoms with van der Waals surface area (Å²) in [4.78, 5) is 10.5. The first-order valence-electron chi connectivity index (χ1n) is 4.24. The van der Waals surface area contributed by atoms with Crippen molar-refractivity contribution in [3.8, 4) is 0 Å². The second kappa shape index (κ2) is 3.55. The summed E-state index contributed by atoms with van der Waals surface area (Å²) in [7, 11) is 0. The van der Waals surface area contributed by atoms with Crippen LogP contribution in [0.1, 0.15) is 10.4 Å². The topological polar surface area (TPSA) is 68.0 Å². The maximum atomic E-state index is 10.5. The van der Waals surface area contributed by atoms with Crippen molar-refractivity contribution in [3.63, 3.8) is 0 Å². The number of hydrogen-bond acceptors (Lipinski definition) is 4. The molecule has 2 rings (SSSR count). The lowest BCUT2D eigenvalue weighted by molar-refractivity contribution is 0.112. The van der Waals surface area contributed by atoms with Crippen LogP contribution in [0, 0.1) is 0 Å². The lowest BCUT2D eigenvalue weighted by Crippen LogP contribution is -2.03. The summed E-state index contributed by atoms with van der Waals surface area (Å²) in [6.07, 6.45) is 0.768. The number of aliphatic hydroxyl groups is 1. The summed E-state index contributed by atoms with van der Waals surface area (Å²) >= 11 is 0. The van der Waals surface area contributed by atoms with Crippen molar-refractivity contribution in [2.24, 2.45) is 0 Å². The number of rotatable bonds is 3. The van der Waals surface area contributed by atoms with Gasteiger partial charge in [-0.15, -0.1) is 5.10 Å². The van der Waals surface area contributed by atoms with Gasteiger partial charge in [0.15, 0.2) is 0 Å². The standard InChI is InChI=1S/C9H9N3O2/c13-4-3-12-9-2-1-7(6-14)5-8(9)10-11-12/h1-2,5-6,13H,3-4H2. The zero-order valence-corrected chi connectivity index (χ0v) is 7.42. The van der Waals surface area contributed by atoms with Crippen LogP contribution < -0.4 is 0 Å². The predicted molar refractivity (Wildman–Crippen MR) is 50.0 cm³/mol. The molecule has 0 bridgehead atoms. The van der Waals surface area contributed by atoms with Crippen LogP contribution in [-0.2, 0) is 6.54 Å². The van der Waals surface area contributed by atoms with Crippen LogP contribution in [0.25, 0.3) is 11.0 Å². The Kier molecular flexibility index (Phi) is 2.24. The van der Waals surface area contributed by atoms with Crippen molar-refractivity contribution in [1.29, 1.82) is 0 Å². The van der Waals surface area contributed by atoms with E-state index in [4.69, 9.17) is 5.11 Å². The molecule has 0 saturated carbocycles. The first-order chi connectivity index (χ1) is 6.85. The van der Waals surface area contributed by atoms with E-state index in [1.807, 2.05) is 0 Å². The van der Waals surface area contributed by atoms with E-state index in [1.165, 1.54) is 0 Å². The van der Waals surface area contributed by atoms with E-state index in [1.54, 1.807) is 22.9 Å². The molecule has 2 aromatic rings. The molecule has 0 aliphatic heterocycles. The molecule has 1 aromatic carbocycles. The van der Waals surface area contributed by atoms with Gasteiger partial charge in [0.2, 0.25) is 0 Å². The molecule has 0 unspecified atom stereocenters. The third-order valence-electron chi connectivity index (χ3n) is 1.99. The van der Waals surface area contributed by atoms with Crippen molar-refractivity contribution >= 4 is 17.3 Å². The average Bonchev–Trinajstić information content (AvgIpc) is 2.61. The Balaban J connectivity index is 2.53. The van der Waals surface area contributed by atoms with Crippen LogP contribution >= 0.6 is 0 Å². The quantitative estimate of drug-likeness (QED) is 0.705. The Labute approximate surface area is 80.0 Å². The Morgan fingerprint density at radius 3 is 3.07 bits per heavy atom. The number of fused-ring (bicyclic) bond motifs is 1. The molecule has 1 N–H and O–H groups in total. The highest BCUT2D eigenvalue weighted by Gasteiger charge is 2.03. The van der Waals surface area contributed by atoms with Crippen LogP contribution in [0.5, 0.6) is 0 Å². The minimum absolute atomic E-state index is 0.0217. The molecule has 1 aromatic heterocycles. The van der Waals surface area contributed by atoms with Crippen LogP contribution in [0.15, 0.2) is 18.2 Å². The van der Waals surface area contributed by atoms with E-state index in [9.17, 15) is 4.79 Å². The number of nitrogens with zero attached hydrogens (tertiary/aromatic N) is 3. The van der Waals surface area contributed by atoms with Crippen molar-refractivity contribution in [2.75, 3.05) is 6.61 Å². The highest BCUT2D eigenvalue weighted by atomic mass is 16.3. The van der Waals surface area contributed by atoms with Gasteiger partial charge < -0.3 is 5.11 Å². The van der Waals surface area contributed by atoms with Crippen LogP contribution in [0.3, 0.4) is 0 Å². The van der Waals surface area contributed by atoms with Crippen molar-refractivity contribution < 1.29 is 9.90 Å². The fourth-order valence-corrected chi connectivity index (χ4v) is 1.32. The van der Waals surface area contributed by atoms with E-state index in [0.29, 0.717) is 17.6 Å². The summed E-state index contributed by atoms with van der Waals surface area (Å²) in [6.45, 7) is 0.435. The molecular formula is C9H9N3O2. The Morgan fingerprint density at radius 2 is 2.36 bits per heavy atom. The van der Waals surface area contributed by atoms with Gasteiger partial charge in [-0.1, -0.05) is 5.21 Å². The summed E-state index contributed by atoms with van der Waals surface area (Å²) in [5.41, 5.74) is 2.07. The molecule has 0 radical (unpaired) electrons. The molecule has 0 aliphatic carbocycles. The molecule has 0 fully saturated rings. The number of benzene rings is 1. The van der Waals surface area contributed by atoms with E-state index >= 15 is 0 Å². The highest BCUT2D eigenvalue weighted by molar-refractivity contribution is 5.84. The molecule has 0 spiro atoms. The van der Waals surface area contributed by atoms with Crippen LogP contribution in [-0.4, -0.2) is 33.0 Å². The van der Waals surface area contributed by atoms with E-state index in [-0.39, 0.29) is 6.61 Å². The van der Waals surface area contributed by atoms with E-state index in [2.05, 4.69) is 10.3 Å². The van der Waals surface area contributed by atoms with Crippen LogP contribution in [0.4, 0.5) is 0 Å². The van der Waals surface area contributed by atoms with Crippen molar-refractivity contribution in [2.45, 2.75) is 6.54 Å². The third-order valence-corrected chi connectivity index (χ3v) is 1.99. The van der Waals surface area contributed by atoms with Gasteiger partial charge in [0.1, 0.15) is 11.8 Å². The monoisotopic (exact) mass is 191 g/mol. The Hall–Kier alpha value is -1.75. The molecular weight excluding hydrogens is 182 g/mol. The molecule has 0 amide bonds. The van der Waals surface area contributed by atoms with Crippen molar-refractivity contribution in [3.05, 3.63) is 23.8 Å². The fourth-order valence-electron chi connectivity index (χ4n) is 1.32.